The van der Waals surface area contributed by atoms with Crippen LogP contribution in [-0.4, -0.2) is 38.5 Å². The third-order valence-corrected chi connectivity index (χ3v) is 4.08. The van der Waals surface area contributed by atoms with Gasteiger partial charge in [-0.25, -0.2) is 0 Å². The highest BCUT2D eigenvalue weighted by atomic mass is 35.5. The van der Waals surface area contributed by atoms with Gasteiger partial charge in [-0.15, -0.1) is 6.58 Å². The number of hydrogen-bond donors (Lipinski definition) is 0. The second-order valence-electron chi connectivity index (χ2n) is 6.43. The van der Waals surface area contributed by atoms with Crippen molar-refractivity contribution >= 4 is 0 Å². The molecule has 1 unspecified atom stereocenters. The van der Waals surface area contributed by atoms with Gasteiger partial charge in [0.25, 0.3) is 0 Å². The van der Waals surface area contributed by atoms with E-state index in [9.17, 15) is 0 Å². The molecule has 2 aromatic carbocycles. The van der Waals surface area contributed by atoms with E-state index in [4.69, 9.17) is 9.47 Å². The highest BCUT2D eigenvalue weighted by Gasteiger charge is 2.28. The molecule has 0 amide bonds. The van der Waals surface area contributed by atoms with Crippen molar-refractivity contribution in [2.45, 2.75) is 12.5 Å². The van der Waals surface area contributed by atoms with Crippen molar-refractivity contribution in [2.24, 2.45) is 0 Å². The zero-order chi connectivity index (χ0) is 17.3. The molecule has 136 valence electrons. The molecule has 0 N–H and O–H groups in total. The van der Waals surface area contributed by atoms with E-state index in [0.717, 1.165) is 16.7 Å². The number of nitrogens with zero attached hydrogens (tertiary/aromatic N) is 1. The van der Waals surface area contributed by atoms with Crippen LogP contribution in [0.1, 0.15) is 18.0 Å². The molecule has 0 aliphatic heterocycles. The van der Waals surface area contributed by atoms with Crippen molar-refractivity contribution in [2.75, 3.05) is 34.0 Å². The fraction of sp³-hybridized carbons (Fsp3) is 0.333. The molecular formula is C21H28ClNO2. The summed E-state index contributed by atoms with van der Waals surface area (Å²) in [6.45, 7) is 5.68. The van der Waals surface area contributed by atoms with E-state index >= 15 is 0 Å². The molecule has 2 aromatic rings. The average molecular weight is 362 g/mol. The first-order chi connectivity index (χ1) is 11.6. The Balaban J connectivity index is 0.00000312. The van der Waals surface area contributed by atoms with Crippen LogP contribution in [0.2, 0.25) is 0 Å². The molecular weight excluding hydrogens is 334 g/mol. The van der Waals surface area contributed by atoms with Gasteiger partial charge in [0.1, 0.15) is 18.4 Å². The van der Waals surface area contributed by atoms with Gasteiger partial charge >= 0.3 is 0 Å². The maximum atomic E-state index is 5.88. The quantitative estimate of drug-likeness (QED) is 0.276. The summed E-state index contributed by atoms with van der Waals surface area (Å²) >= 11 is 0. The van der Waals surface area contributed by atoms with Crippen LogP contribution in [0.5, 0.6) is 5.75 Å². The Labute approximate surface area is 157 Å². The van der Waals surface area contributed by atoms with E-state index in [-0.39, 0.29) is 12.4 Å². The van der Waals surface area contributed by atoms with Crippen molar-refractivity contribution in [3.8, 4) is 5.75 Å². The van der Waals surface area contributed by atoms with Gasteiger partial charge in [0.2, 0.25) is 0 Å². The van der Waals surface area contributed by atoms with Crippen LogP contribution >= 0.6 is 0 Å². The van der Waals surface area contributed by atoms with Gasteiger partial charge < -0.3 is 21.9 Å². The normalized spacial score (nSPS) is 12.1. The van der Waals surface area contributed by atoms with Crippen LogP contribution < -0.4 is 17.1 Å². The number of benzene rings is 2. The van der Waals surface area contributed by atoms with Crippen LogP contribution in [-0.2, 0) is 4.74 Å². The molecule has 0 spiro atoms. The Morgan fingerprint density at radius 2 is 1.56 bits per heavy atom. The summed E-state index contributed by atoms with van der Waals surface area (Å²) in [6.07, 6.45) is 2.90. The van der Waals surface area contributed by atoms with E-state index in [2.05, 4.69) is 44.9 Å². The monoisotopic (exact) mass is 361 g/mol. The third kappa shape index (κ3) is 6.91. The first-order valence-corrected chi connectivity index (χ1v) is 8.37. The van der Waals surface area contributed by atoms with E-state index in [1.807, 2.05) is 42.5 Å². The fourth-order valence-corrected chi connectivity index (χ4v) is 2.78. The molecule has 0 heterocycles. The molecule has 3 nitrogen and oxygen atoms in total. The smallest absolute Gasteiger partial charge is 0.183 e. The van der Waals surface area contributed by atoms with E-state index in [0.29, 0.717) is 26.0 Å². The van der Waals surface area contributed by atoms with Crippen molar-refractivity contribution in [1.82, 2.24) is 0 Å². The zero-order valence-corrected chi connectivity index (χ0v) is 15.9. The fourth-order valence-electron chi connectivity index (χ4n) is 2.78. The summed E-state index contributed by atoms with van der Waals surface area (Å²) in [5, 5.41) is 0. The summed E-state index contributed by atoms with van der Waals surface area (Å²) in [5.74, 6) is 0.878. The number of hydrogen-bond acceptors (Lipinski definition) is 2. The molecule has 0 aliphatic rings. The first-order valence-electron chi connectivity index (χ1n) is 8.37. The Bertz CT molecular complexity index is 602. The van der Waals surface area contributed by atoms with Gasteiger partial charge in [0.15, 0.2) is 6.73 Å². The van der Waals surface area contributed by atoms with E-state index in [1.54, 1.807) is 0 Å². The minimum absolute atomic E-state index is 0. The molecule has 0 aromatic heterocycles. The molecule has 0 fully saturated rings. The Morgan fingerprint density at radius 3 is 2.16 bits per heavy atom. The molecule has 25 heavy (non-hydrogen) atoms. The molecule has 0 aliphatic carbocycles. The van der Waals surface area contributed by atoms with Crippen molar-refractivity contribution in [3.63, 3.8) is 0 Å². The molecule has 0 bridgehead atoms. The lowest BCUT2D eigenvalue weighted by molar-refractivity contribution is -0.938. The lowest BCUT2D eigenvalue weighted by atomic mass is 10.0. The predicted octanol–water partition coefficient (Wildman–Crippen LogP) is 1.44. The standard InChI is InChI=1S/C21H28NO2.ClH/c1-4-11-21(19-12-7-5-8-13-19)22(2,3)18-23-16-17-24-20-14-9-6-10-15-20;/h4-10,12-15,21H,1,11,16-18H2,2-3H3;1H/q+1;/p-1. The minimum Gasteiger partial charge on any atom is -1.00 e. The summed E-state index contributed by atoms with van der Waals surface area (Å²) in [4.78, 5) is 0. The summed E-state index contributed by atoms with van der Waals surface area (Å²) in [6, 6.07) is 20.7. The topological polar surface area (TPSA) is 18.5 Å². The number of quaternary nitrogens is 1. The summed E-state index contributed by atoms with van der Waals surface area (Å²) < 4.78 is 12.3. The molecule has 1 atom stereocenters. The van der Waals surface area contributed by atoms with Crippen LogP contribution in [0.3, 0.4) is 0 Å². The highest BCUT2D eigenvalue weighted by Crippen LogP contribution is 2.28. The second kappa shape index (κ2) is 10.9. The largest absolute Gasteiger partial charge is 1.00 e. The molecule has 2 rings (SSSR count). The molecule has 0 radical (unpaired) electrons. The lowest BCUT2D eigenvalue weighted by Crippen LogP contribution is -3.00. The van der Waals surface area contributed by atoms with Crippen molar-refractivity contribution in [3.05, 3.63) is 78.9 Å². The highest BCUT2D eigenvalue weighted by molar-refractivity contribution is 5.20. The summed E-state index contributed by atoms with van der Waals surface area (Å²) in [5.41, 5.74) is 1.31. The van der Waals surface area contributed by atoms with Gasteiger partial charge in [-0.3, -0.25) is 4.48 Å². The van der Waals surface area contributed by atoms with Crippen LogP contribution in [0.4, 0.5) is 0 Å². The van der Waals surface area contributed by atoms with Crippen molar-refractivity contribution < 1.29 is 26.4 Å². The van der Waals surface area contributed by atoms with Gasteiger partial charge in [0.05, 0.1) is 20.7 Å². The van der Waals surface area contributed by atoms with Crippen molar-refractivity contribution in [1.29, 1.82) is 0 Å². The Kier molecular flexibility index (Phi) is 9.28. The lowest BCUT2D eigenvalue weighted by Gasteiger charge is -2.37. The van der Waals surface area contributed by atoms with Crippen LogP contribution in [0, 0.1) is 0 Å². The zero-order valence-electron chi connectivity index (χ0n) is 15.1. The third-order valence-electron chi connectivity index (χ3n) is 4.08. The number of halogens is 1. The number of para-hydroxylation sites is 1. The maximum Gasteiger partial charge on any atom is 0.183 e. The van der Waals surface area contributed by atoms with Gasteiger partial charge in [0, 0.05) is 12.0 Å². The molecule has 0 saturated heterocycles. The van der Waals surface area contributed by atoms with E-state index < -0.39 is 0 Å². The van der Waals surface area contributed by atoms with E-state index in [1.165, 1.54) is 5.56 Å². The molecule has 4 heteroatoms. The predicted molar refractivity (Wildman–Crippen MR) is 98.9 cm³/mol. The second-order valence-corrected chi connectivity index (χ2v) is 6.43. The Hall–Kier alpha value is -1.81. The number of ether oxygens (including phenoxy) is 2. The number of rotatable bonds is 10. The minimum atomic E-state index is 0. The Morgan fingerprint density at radius 1 is 0.960 bits per heavy atom. The van der Waals surface area contributed by atoms with Crippen LogP contribution in [0.15, 0.2) is 73.3 Å². The molecule has 0 saturated carbocycles. The average Bonchev–Trinajstić information content (AvgIpc) is 2.61. The maximum absolute atomic E-state index is 5.88. The SMILES string of the molecule is C=CCC(c1ccccc1)[N+](C)(C)COCCOc1ccccc1.[Cl-]. The van der Waals surface area contributed by atoms with Gasteiger partial charge in [-0.2, -0.15) is 0 Å². The first kappa shape index (κ1) is 21.2. The summed E-state index contributed by atoms with van der Waals surface area (Å²) in [7, 11) is 4.39. The van der Waals surface area contributed by atoms with Gasteiger partial charge in [-0.05, 0) is 12.1 Å². The van der Waals surface area contributed by atoms with Gasteiger partial charge in [-0.1, -0.05) is 54.6 Å². The van der Waals surface area contributed by atoms with Crippen LogP contribution in [0.25, 0.3) is 0 Å².